The summed E-state index contributed by atoms with van der Waals surface area (Å²) in [5.74, 6) is -1.19. The first-order valence-electron chi connectivity index (χ1n) is 17.4. The second-order valence-electron chi connectivity index (χ2n) is 9.08. The molecular weight excluding hydrogens is 542 g/mol. The molecule has 1 fully saturated rings. The summed E-state index contributed by atoms with van der Waals surface area (Å²) in [7, 11) is -3.06. The van der Waals surface area contributed by atoms with Gasteiger partial charge in [0.2, 0.25) is 0 Å². The van der Waals surface area contributed by atoms with Gasteiger partial charge < -0.3 is 14.0 Å². The van der Waals surface area contributed by atoms with Crippen LogP contribution in [0.4, 0.5) is 10.5 Å². The van der Waals surface area contributed by atoms with Crippen LogP contribution < -0.4 is 14.8 Å². The number of aryl methyl sites for hydroxylation is 2. The fourth-order valence-electron chi connectivity index (χ4n) is 4.30. The highest BCUT2D eigenvalue weighted by molar-refractivity contribution is 7.90. The molecule has 0 radical (unpaired) electrons. The summed E-state index contributed by atoms with van der Waals surface area (Å²) in [5.41, 5.74) is -0.170. The highest BCUT2D eigenvalue weighted by atomic mass is 32.2. The number of methoxy groups -OCH3 is 1. The van der Waals surface area contributed by atoms with Crippen LogP contribution in [0, 0.1) is 6.92 Å². The zero-order valence-corrected chi connectivity index (χ0v) is 22.9. The van der Waals surface area contributed by atoms with Gasteiger partial charge in [-0.3, -0.25) is 10.1 Å². The molecule has 0 spiro atoms. The molecule has 4 aromatic rings. The lowest BCUT2D eigenvalue weighted by Gasteiger charge is -2.13. The van der Waals surface area contributed by atoms with Crippen LogP contribution in [0.15, 0.2) is 71.8 Å². The van der Waals surface area contributed by atoms with E-state index >= 15 is 0 Å². The van der Waals surface area contributed by atoms with Crippen molar-refractivity contribution in [3.63, 3.8) is 0 Å². The maximum Gasteiger partial charge on any atom is 0.411 e. The average Bonchev–Trinajstić information content (AvgIpc) is 3.50. The quantitative estimate of drug-likeness (QED) is 0.274. The number of hydrogen-bond donors (Lipinski definition) is 2. The van der Waals surface area contributed by atoms with Crippen molar-refractivity contribution in [2.24, 2.45) is 6.98 Å². The minimum Gasteiger partial charge on any atom is -0.496 e. The van der Waals surface area contributed by atoms with Crippen LogP contribution in [0.25, 0.3) is 10.9 Å². The van der Waals surface area contributed by atoms with Crippen molar-refractivity contribution in [3.05, 3.63) is 89.1 Å². The lowest BCUT2D eigenvalue weighted by atomic mass is 10.0. The van der Waals surface area contributed by atoms with Gasteiger partial charge in [-0.15, -0.1) is 0 Å². The lowest BCUT2D eigenvalue weighted by Crippen LogP contribution is -2.31. The number of rotatable bonds is 8. The van der Waals surface area contributed by atoms with E-state index in [0.717, 1.165) is 16.8 Å². The van der Waals surface area contributed by atoms with Crippen LogP contribution >= 0.6 is 0 Å². The molecule has 1 aromatic heterocycles. The third-order valence-corrected chi connectivity index (χ3v) is 7.78. The number of nitrogens with zero attached hydrogens (tertiary/aromatic N) is 1. The van der Waals surface area contributed by atoms with Crippen molar-refractivity contribution in [2.75, 3.05) is 12.4 Å². The zero-order valence-electron chi connectivity index (χ0n) is 32.1. The largest absolute Gasteiger partial charge is 0.496 e. The van der Waals surface area contributed by atoms with Gasteiger partial charge in [-0.05, 0) is 85.6 Å². The standard InChI is InChI=1S/C31H33N3O6S/c1-20-8-4-7-11-29(20)41(37,38)33-30(35)22-13-12-21(28(17-22)39-3)16-23-19-34(2)27-15-14-24(18-26(23)27)32-31(36)40-25-9-5-6-10-25/h4,7-8,11-15,17-19,25H,5-6,9-10,16H2,1-3H3,(H,32,36)(H,33,35)/i2D3,9D2,10D2,16D2,25D. The van der Waals surface area contributed by atoms with Gasteiger partial charge >= 0.3 is 6.09 Å². The van der Waals surface area contributed by atoms with Gasteiger partial charge in [0.05, 0.1) is 13.4 Å². The van der Waals surface area contributed by atoms with E-state index in [4.69, 9.17) is 23.2 Å². The number of benzene rings is 3. The number of carbonyl (C=O) groups excluding carboxylic acids is 2. The van der Waals surface area contributed by atoms with Gasteiger partial charge in [0.15, 0.2) is 0 Å². The first-order valence-corrected chi connectivity index (χ1v) is 13.9. The summed E-state index contributed by atoms with van der Waals surface area (Å²) in [6, 6.07) is 13.4. The zero-order chi connectivity index (χ0) is 37.9. The molecule has 5 rings (SSSR count). The Labute approximate surface area is 253 Å². The Balaban J connectivity index is 1.51. The Morgan fingerprint density at radius 1 is 1.12 bits per heavy atom. The highest BCUT2D eigenvalue weighted by Crippen LogP contribution is 2.30. The normalized spacial score (nSPS) is 21.2. The summed E-state index contributed by atoms with van der Waals surface area (Å²) < 4.78 is 122. The van der Waals surface area contributed by atoms with Gasteiger partial charge in [-0.2, -0.15) is 0 Å². The number of fused-ring (bicyclic) bond motifs is 1. The third-order valence-electron chi connectivity index (χ3n) is 6.28. The monoisotopic (exact) mass is 585 g/mol. The molecule has 0 unspecified atom stereocenters. The Morgan fingerprint density at radius 2 is 1.90 bits per heavy atom. The van der Waals surface area contributed by atoms with E-state index in [0.29, 0.717) is 5.56 Å². The summed E-state index contributed by atoms with van der Waals surface area (Å²) in [6.07, 6.45) is -11.4. The van der Waals surface area contributed by atoms with E-state index in [9.17, 15) is 18.0 Å². The number of anilines is 1. The molecule has 0 bridgehead atoms. The molecule has 10 heteroatoms. The van der Waals surface area contributed by atoms with E-state index < -0.39 is 54.2 Å². The summed E-state index contributed by atoms with van der Waals surface area (Å²) >= 11 is 0. The maximum absolute atomic E-state index is 13.1. The van der Waals surface area contributed by atoms with Crippen LogP contribution in [-0.2, 0) is 28.1 Å². The predicted molar refractivity (Wildman–Crippen MR) is 157 cm³/mol. The van der Waals surface area contributed by atoms with Gasteiger partial charge in [-0.1, -0.05) is 24.3 Å². The molecule has 9 nitrogen and oxygen atoms in total. The minimum absolute atomic E-state index is 0.00855. The van der Waals surface area contributed by atoms with Crippen molar-refractivity contribution in [1.82, 2.24) is 9.29 Å². The first kappa shape index (κ1) is 18.2. The first-order chi connectivity index (χ1) is 23.4. The van der Waals surface area contributed by atoms with Crippen molar-refractivity contribution in [1.29, 1.82) is 0 Å². The topological polar surface area (TPSA) is 116 Å². The maximum atomic E-state index is 13.1. The number of nitrogens with one attached hydrogen (secondary N) is 2. The number of amides is 2. The summed E-state index contributed by atoms with van der Waals surface area (Å²) in [4.78, 5) is 25.8. The number of aromatic nitrogens is 1. The molecule has 2 amide bonds. The number of ether oxygens (including phenoxy) is 2. The van der Waals surface area contributed by atoms with Gasteiger partial charge in [0.25, 0.3) is 15.9 Å². The van der Waals surface area contributed by atoms with Gasteiger partial charge in [-0.25, -0.2) is 17.9 Å². The van der Waals surface area contributed by atoms with Crippen LogP contribution in [0.3, 0.4) is 0 Å². The lowest BCUT2D eigenvalue weighted by molar-refractivity contribution is 0.0980. The molecule has 3 aromatic carbocycles. The molecule has 1 heterocycles. The number of carbonyl (C=O) groups is 2. The van der Waals surface area contributed by atoms with E-state index in [-0.39, 0.29) is 56.8 Å². The SMILES string of the molecule is [2H]C([2H])(c1ccc(C(=O)NS(=O)(=O)c2ccccc2C)cc1OC)c1cn(C([2H])([2H])[2H])c2ccc(NC(=O)OC3([2H])C([2H])([2H])CCC3([2H])[2H])cc12. The predicted octanol–water partition coefficient (Wildman–Crippen LogP) is 5.70. The second kappa shape index (κ2) is 11.7. The fraction of sp³-hybridized carbons (Fsp3) is 0.290. The molecule has 2 N–H and O–H groups in total. The van der Waals surface area contributed by atoms with Crippen LogP contribution in [0.5, 0.6) is 5.75 Å². The second-order valence-corrected chi connectivity index (χ2v) is 10.7. The average molecular weight is 586 g/mol. The van der Waals surface area contributed by atoms with Gasteiger partial charge in [0.1, 0.15) is 11.8 Å². The molecule has 1 saturated carbocycles. The molecule has 1 aliphatic rings. The van der Waals surface area contributed by atoms with Crippen LogP contribution in [-0.4, -0.2) is 38.2 Å². The third kappa shape index (κ3) is 6.22. The van der Waals surface area contributed by atoms with Crippen LogP contribution in [0.1, 0.15) is 66.3 Å². The van der Waals surface area contributed by atoms with E-state index in [1.54, 1.807) is 19.1 Å². The fourth-order valence-corrected chi connectivity index (χ4v) is 5.53. The Hall–Kier alpha value is -4.31. The smallest absolute Gasteiger partial charge is 0.411 e. The molecule has 214 valence electrons. The van der Waals surface area contributed by atoms with Gasteiger partial charge in [0, 0.05) is 54.0 Å². The molecule has 1 aliphatic carbocycles. The Kier molecular flexibility index (Phi) is 5.17. The molecule has 0 aliphatic heterocycles. The molecule has 0 saturated heterocycles. The highest BCUT2D eigenvalue weighted by Gasteiger charge is 2.22. The summed E-state index contributed by atoms with van der Waals surface area (Å²) in [6.45, 7) is -1.22. The van der Waals surface area contributed by atoms with E-state index in [1.165, 1.54) is 49.6 Å². The Bertz CT molecular complexity index is 2140. The molecular formula is C31H33N3O6S. The van der Waals surface area contributed by atoms with Crippen LogP contribution in [0.2, 0.25) is 0 Å². The number of hydrogen-bond acceptors (Lipinski definition) is 6. The Morgan fingerprint density at radius 3 is 2.63 bits per heavy atom. The van der Waals surface area contributed by atoms with Crippen molar-refractivity contribution in [2.45, 2.75) is 49.9 Å². The van der Waals surface area contributed by atoms with Crippen molar-refractivity contribution < 1.29 is 41.2 Å². The number of sulfonamides is 1. The molecule has 0 atom stereocenters. The minimum atomic E-state index is -4.27. The van der Waals surface area contributed by atoms with Crippen molar-refractivity contribution in [3.8, 4) is 5.75 Å². The van der Waals surface area contributed by atoms with E-state index in [1.807, 2.05) is 4.72 Å². The van der Waals surface area contributed by atoms with Crippen molar-refractivity contribution >= 4 is 38.6 Å². The van der Waals surface area contributed by atoms with E-state index in [2.05, 4.69) is 5.32 Å². The summed E-state index contributed by atoms with van der Waals surface area (Å²) in [5, 5.41) is 2.31. The molecule has 41 heavy (non-hydrogen) atoms.